The van der Waals surface area contributed by atoms with Gasteiger partial charge in [0, 0.05) is 5.39 Å². The van der Waals surface area contributed by atoms with Gasteiger partial charge in [0.25, 0.3) is 0 Å². The van der Waals surface area contributed by atoms with Crippen molar-refractivity contribution >= 4 is 17.0 Å². The SMILES string of the molecule is CC(C)(C)OC(=O)n1c(-c2ccccc2)cc2cc(O)ccc21. The summed E-state index contributed by atoms with van der Waals surface area (Å²) >= 11 is 0. The maximum atomic E-state index is 12.7. The third-order valence-corrected chi connectivity index (χ3v) is 3.43. The Hall–Kier alpha value is -2.75. The Morgan fingerprint density at radius 1 is 1.04 bits per heavy atom. The molecule has 0 aliphatic heterocycles. The number of carbonyl (C=O) groups excluding carboxylic acids is 1. The number of phenolic OH excluding ortho intramolecular Hbond substituents is 1. The van der Waals surface area contributed by atoms with Gasteiger partial charge in [-0.25, -0.2) is 9.36 Å². The topological polar surface area (TPSA) is 51.5 Å². The van der Waals surface area contributed by atoms with Gasteiger partial charge in [0.2, 0.25) is 0 Å². The maximum Gasteiger partial charge on any atom is 0.419 e. The quantitative estimate of drug-likeness (QED) is 0.702. The summed E-state index contributed by atoms with van der Waals surface area (Å²) in [7, 11) is 0. The minimum atomic E-state index is -0.585. The molecule has 4 heteroatoms. The number of aromatic nitrogens is 1. The molecule has 23 heavy (non-hydrogen) atoms. The molecule has 0 saturated heterocycles. The fourth-order valence-electron chi connectivity index (χ4n) is 2.53. The van der Waals surface area contributed by atoms with Crippen molar-refractivity contribution in [3.05, 3.63) is 54.6 Å². The van der Waals surface area contributed by atoms with E-state index in [1.165, 1.54) is 0 Å². The molecule has 2 aromatic carbocycles. The van der Waals surface area contributed by atoms with Crippen LogP contribution < -0.4 is 0 Å². The molecule has 0 bridgehead atoms. The van der Waals surface area contributed by atoms with Crippen LogP contribution in [-0.2, 0) is 4.74 Å². The Kier molecular flexibility index (Phi) is 3.60. The van der Waals surface area contributed by atoms with Crippen molar-refractivity contribution in [1.29, 1.82) is 0 Å². The monoisotopic (exact) mass is 309 g/mol. The van der Waals surface area contributed by atoms with Crippen LogP contribution in [-0.4, -0.2) is 21.4 Å². The predicted molar refractivity (Wildman–Crippen MR) is 90.7 cm³/mol. The Bertz CT molecular complexity index is 857. The highest BCUT2D eigenvalue weighted by Gasteiger charge is 2.22. The first-order valence-electron chi connectivity index (χ1n) is 7.48. The minimum Gasteiger partial charge on any atom is -0.508 e. The molecular formula is C19H19NO3. The number of aromatic hydroxyl groups is 1. The highest BCUT2D eigenvalue weighted by atomic mass is 16.6. The van der Waals surface area contributed by atoms with E-state index in [1.807, 2.05) is 57.2 Å². The number of hydrogen-bond acceptors (Lipinski definition) is 3. The first-order chi connectivity index (χ1) is 10.8. The van der Waals surface area contributed by atoms with Crippen LogP contribution in [0.3, 0.4) is 0 Å². The number of benzene rings is 2. The molecule has 1 N–H and O–H groups in total. The molecule has 0 saturated carbocycles. The lowest BCUT2D eigenvalue weighted by atomic mass is 10.1. The van der Waals surface area contributed by atoms with Crippen molar-refractivity contribution in [3.8, 4) is 17.0 Å². The molecule has 0 aliphatic carbocycles. The number of carbonyl (C=O) groups is 1. The molecule has 0 spiro atoms. The van der Waals surface area contributed by atoms with Crippen molar-refractivity contribution in [2.24, 2.45) is 0 Å². The summed E-state index contributed by atoms with van der Waals surface area (Å²) in [6, 6.07) is 16.5. The first kappa shape index (κ1) is 15.2. The average molecular weight is 309 g/mol. The van der Waals surface area contributed by atoms with E-state index in [4.69, 9.17) is 4.74 Å². The fourth-order valence-corrected chi connectivity index (χ4v) is 2.53. The number of rotatable bonds is 1. The number of fused-ring (bicyclic) bond motifs is 1. The third-order valence-electron chi connectivity index (χ3n) is 3.43. The molecule has 0 aliphatic rings. The zero-order valence-corrected chi connectivity index (χ0v) is 13.4. The van der Waals surface area contributed by atoms with Crippen molar-refractivity contribution < 1.29 is 14.6 Å². The second-order valence-corrected chi connectivity index (χ2v) is 6.45. The standard InChI is InChI=1S/C19H19NO3/c1-19(2,3)23-18(22)20-16-10-9-15(21)11-14(16)12-17(20)13-7-5-4-6-8-13/h4-12,21H,1-3H3. The van der Waals surface area contributed by atoms with E-state index in [1.54, 1.807) is 22.8 Å². The van der Waals surface area contributed by atoms with Crippen LogP contribution in [0.2, 0.25) is 0 Å². The van der Waals surface area contributed by atoms with Crippen molar-refractivity contribution in [1.82, 2.24) is 4.57 Å². The molecule has 0 radical (unpaired) electrons. The summed E-state index contributed by atoms with van der Waals surface area (Å²) in [6.07, 6.45) is -0.433. The molecular weight excluding hydrogens is 290 g/mol. The van der Waals surface area contributed by atoms with Gasteiger partial charge in [0.15, 0.2) is 0 Å². The van der Waals surface area contributed by atoms with E-state index in [-0.39, 0.29) is 5.75 Å². The smallest absolute Gasteiger partial charge is 0.419 e. The van der Waals surface area contributed by atoms with Gasteiger partial charge < -0.3 is 9.84 Å². The Labute approximate surface area is 134 Å². The number of hydrogen-bond donors (Lipinski definition) is 1. The first-order valence-corrected chi connectivity index (χ1v) is 7.48. The van der Waals surface area contributed by atoms with Crippen LogP contribution in [0.1, 0.15) is 20.8 Å². The van der Waals surface area contributed by atoms with Gasteiger partial charge in [-0.15, -0.1) is 0 Å². The highest BCUT2D eigenvalue weighted by Crippen LogP contribution is 2.31. The van der Waals surface area contributed by atoms with Gasteiger partial charge >= 0.3 is 6.09 Å². The van der Waals surface area contributed by atoms with Crippen LogP contribution in [0.15, 0.2) is 54.6 Å². The van der Waals surface area contributed by atoms with E-state index in [0.29, 0.717) is 5.52 Å². The normalized spacial score (nSPS) is 11.6. The number of nitrogens with zero attached hydrogens (tertiary/aromatic N) is 1. The number of ether oxygens (including phenoxy) is 1. The lowest BCUT2D eigenvalue weighted by Crippen LogP contribution is -2.27. The van der Waals surface area contributed by atoms with E-state index < -0.39 is 11.7 Å². The Balaban J connectivity index is 2.22. The minimum absolute atomic E-state index is 0.165. The van der Waals surface area contributed by atoms with Gasteiger partial charge in [-0.1, -0.05) is 30.3 Å². The van der Waals surface area contributed by atoms with Crippen LogP contribution >= 0.6 is 0 Å². The van der Waals surface area contributed by atoms with Crippen LogP contribution in [0.4, 0.5) is 4.79 Å². The fraction of sp³-hybridized carbons (Fsp3) is 0.211. The second kappa shape index (κ2) is 5.47. The van der Waals surface area contributed by atoms with Crippen molar-refractivity contribution in [2.75, 3.05) is 0 Å². The summed E-state index contributed by atoms with van der Waals surface area (Å²) in [4.78, 5) is 12.7. The zero-order valence-electron chi connectivity index (χ0n) is 13.4. The summed E-state index contributed by atoms with van der Waals surface area (Å²) in [5.41, 5.74) is 1.77. The molecule has 0 unspecified atom stereocenters. The van der Waals surface area contributed by atoms with Crippen LogP contribution in [0.25, 0.3) is 22.2 Å². The Morgan fingerprint density at radius 3 is 2.39 bits per heavy atom. The molecule has 0 fully saturated rings. The predicted octanol–water partition coefficient (Wildman–Crippen LogP) is 4.80. The molecule has 3 aromatic rings. The van der Waals surface area contributed by atoms with Gasteiger partial charge in [-0.2, -0.15) is 0 Å². The molecule has 1 aromatic heterocycles. The summed E-state index contributed by atoms with van der Waals surface area (Å²) in [6.45, 7) is 5.51. The molecule has 118 valence electrons. The van der Waals surface area contributed by atoms with Crippen molar-refractivity contribution in [2.45, 2.75) is 26.4 Å². The van der Waals surface area contributed by atoms with E-state index in [2.05, 4.69) is 0 Å². The molecule has 3 rings (SSSR count). The number of phenols is 1. The maximum absolute atomic E-state index is 12.7. The molecule has 4 nitrogen and oxygen atoms in total. The van der Waals surface area contributed by atoms with Gasteiger partial charge in [-0.3, -0.25) is 0 Å². The molecule has 1 heterocycles. The lowest BCUT2D eigenvalue weighted by molar-refractivity contribution is 0.0547. The third kappa shape index (κ3) is 3.06. The summed E-state index contributed by atoms with van der Waals surface area (Å²) in [5.74, 6) is 0.165. The highest BCUT2D eigenvalue weighted by molar-refractivity contribution is 5.96. The van der Waals surface area contributed by atoms with E-state index >= 15 is 0 Å². The van der Waals surface area contributed by atoms with Crippen molar-refractivity contribution in [3.63, 3.8) is 0 Å². The zero-order chi connectivity index (χ0) is 16.6. The second-order valence-electron chi connectivity index (χ2n) is 6.45. The van der Waals surface area contributed by atoms with Gasteiger partial charge in [-0.05, 0) is 50.6 Å². The Morgan fingerprint density at radius 2 is 1.74 bits per heavy atom. The van der Waals surface area contributed by atoms with Gasteiger partial charge in [0.1, 0.15) is 11.4 Å². The average Bonchev–Trinajstić information content (AvgIpc) is 2.85. The van der Waals surface area contributed by atoms with E-state index in [0.717, 1.165) is 16.6 Å². The molecule has 0 amide bonds. The largest absolute Gasteiger partial charge is 0.508 e. The lowest BCUT2D eigenvalue weighted by Gasteiger charge is -2.21. The molecule has 0 atom stereocenters. The summed E-state index contributed by atoms with van der Waals surface area (Å²) in [5, 5.41) is 10.5. The van der Waals surface area contributed by atoms with Gasteiger partial charge in [0.05, 0.1) is 11.2 Å². The summed E-state index contributed by atoms with van der Waals surface area (Å²) < 4.78 is 7.10. The van der Waals surface area contributed by atoms with Crippen LogP contribution in [0, 0.1) is 0 Å². The van der Waals surface area contributed by atoms with Crippen LogP contribution in [0.5, 0.6) is 5.75 Å². The van der Waals surface area contributed by atoms with E-state index in [9.17, 15) is 9.90 Å².